The summed E-state index contributed by atoms with van der Waals surface area (Å²) in [4.78, 5) is 43.5. The van der Waals surface area contributed by atoms with Crippen molar-refractivity contribution in [3.8, 4) is 11.3 Å². The van der Waals surface area contributed by atoms with Gasteiger partial charge in [0.15, 0.2) is 6.61 Å². The van der Waals surface area contributed by atoms with Crippen LogP contribution in [-0.2, 0) is 14.3 Å². The van der Waals surface area contributed by atoms with E-state index in [9.17, 15) is 14.4 Å². The molecule has 34 heavy (non-hydrogen) atoms. The van der Waals surface area contributed by atoms with E-state index in [0.717, 1.165) is 15.3 Å². The van der Waals surface area contributed by atoms with E-state index in [0.29, 0.717) is 28.0 Å². The van der Waals surface area contributed by atoms with E-state index in [1.807, 2.05) is 19.9 Å². The van der Waals surface area contributed by atoms with Gasteiger partial charge in [-0.2, -0.15) is 0 Å². The third-order valence-electron chi connectivity index (χ3n) is 5.08. The maximum atomic E-state index is 12.9. The molecular weight excluding hydrogens is 458 g/mol. The Kier molecular flexibility index (Phi) is 6.42. The zero-order valence-corrected chi connectivity index (χ0v) is 19.7. The average Bonchev–Trinajstić information content (AvgIpc) is 3.37. The summed E-state index contributed by atoms with van der Waals surface area (Å²) < 4.78 is 15.2. The van der Waals surface area contributed by atoms with Crippen molar-refractivity contribution in [3.05, 3.63) is 63.0 Å². The monoisotopic (exact) mass is 479 g/mol. The summed E-state index contributed by atoms with van der Waals surface area (Å²) in [6.07, 6.45) is 0. The highest BCUT2D eigenvalue weighted by atomic mass is 32.1. The fourth-order valence-electron chi connectivity index (χ4n) is 3.49. The van der Waals surface area contributed by atoms with Crippen molar-refractivity contribution < 1.29 is 28.4 Å². The number of benzene rings is 1. The standard InChI is InChI=1S/C24H21N3O6S/c1-12-9-17(14(3)34-12)19-10-18(21-13(2)27-33-22(21)26-19)24(30)32-11-20(28)25-16-7-5-15(6-8-16)23(29)31-4/h5-10H,11H2,1-4H3,(H,25,28). The fourth-order valence-corrected chi connectivity index (χ4v) is 4.43. The molecule has 0 aliphatic heterocycles. The molecule has 0 fully saturated rings. The number of rotatable bonds is 6. The molecule has 3 aromatic heterocycles. The second kappa shape index (κ2) is 9.44. The smallest absolute Gasteiger partial charge is 0.339 e. The number of aromatic nitrogens is 2. The molecule has 1 N–H and O–H groups in total. The van der Waals surface area contributed by atoms with Gasteiger partial charge < -0.3 is 19.3 Å². The Balaban J connectivity index is 1.51. The number of pyridine rings is 1. The molecule has 1 aromatic carbocycles. The number of aryl methyl sites for hydroxylation is 3. The lowest BCUT2D eigenvalue weighted by molar-refractivity contribution is -0.119. The third-order valence-corrected chi connectivity index (χ3v) is 6.04. The minimum atomic E-state index is -0.694. The SMILES string of the molecule is COC(=O)c1ccc(NC(=O)COC(=O)c2cc(-c3cc(C)sc3C)nc3onc(C)c23)cc1. The Labute approximate surface area is 198 Å². The maximum absolute atomic E-state index is 12.9. The number of fused-ring (bicyclic) bond motifs is 1. The van der Waals surface area contributed by atoms with Crippen molar-refractivity contribution in [1.82, 2.24) is 10.1 Å². The molecule has 3 heterocycles. The number of carbonyl (C=O) groups is 3. The highest BCUT2D eigenvalue weighted by Gasteiger charge is 2.22. The van der Waals surface area contributed by atoms with Gasteiger partial charge in [-0.05, 0) is 57.2 Å². The molecule has 0 bridgehead atoms. The van der Waals surface area contributed by atoms with Crippen LogP contribution in [-0.4, -0.2) is 41.7 Å². The van der Waals surface area contributed by atoms with Crippen molar-refractivity contribution in [2.24, 2.45) is 0 Å². The lowest BCUT2D eigenvalue weighted by Crippen LogP contribution is -2.21. The molecule has 0 aliphatic rings. The first-order chi connectivity index (χ1) is 16.3. The highest BCUT2D eigenvalue weighted by Crippen LogP contribution is 2.33. The first-order valence-corrected chi connectivity index (χ1v) is 11.1. The van der Waals surface area contributed by atoms with Crippen LogP contribution >= 0.6 is 11.3 Å². The summed E-state index contributed by atoms with van der Waals surface area (Å²) in [6, 6.07) is 9.77. The van der Waals surface area contributed by atoms with E-state index in [2.05, 4.69) is 20.2 Å². The first-order valence-electron chi connectivity index (χ1n) is 10.3. The molecule has 0 aliphatic carbocycles. The summed E-state index contributed by atoms with van der Waals surface area (Å²) in [5.74, 6) is -1.71. The molecule has 10 heteroatoms. The number of hydrogen-bond acceptors (Lipinski definition) is 9. The van der Waals surface area contributed by atoms with Gasteiger partial charge in [0.25, 0.3) is 11.6 Å². The number of carbonyl (C=O) groups excluding carboxylic acids is 3. The molecule has 4 aromatic rings. The lowest BCUT2D eigenvalue weighted by Gasteiger charge is -2.09. The Bertz CT molecular complexity index is 1400. The first kappa shape index (κ1) is 23.1. The van der Waals surface area contributed by atoms with Gasteiger partial charge in [-0.25, -0.2) is 14.6 Å². The summed E-state index contributed by atoms with van der Waals surface area (Å²) in [6.45, 7) is 5.17. The second-order valence-corrected chi connectivity index (χ2v) is 8.98. The molecule has 0 atom stereocenters. The molecule has 0 spiro atoms. The van der Waals surface area contributed by atoms with E-state index in [1.54, 1.807) is 36.5 Å². The van der Waals surface area contributed by atoms with E-state index >= 15 is 0 Å². The van der Waals surface area contributed by atoms with E-state index in [-0.39, 0.29) is 11.3 Å². The number of hydrogen-bond donors (Lipinski definition) is 1. The molecule has 1 amide bonds. The largest absolute Gasteiger partial charge is 0.465 e. The summed E-state index contributed by atoms with van der Waals surface area (Å²) >= 11 is 1.63. The molecule has 174 valence electrons. The third kappa shape index (κ3) is 4.67. The van der Waals surface area contributed by atoms with Gasteiger partial charge >= 0.3 is 11.9 Å². The zero-order valence-electron chi connectivity index (χ0n) is 18.9. The predicted octanol–water partition coefficient (Wildman–Crippen LogP) is 4.46. The lowest BCUT2D eigenvalue weighted by atomic mass is 10.1. The Morgan fingerprint density at radius 3 is 2.44 bits per heavy atom. The fraction of sp³-hybridized carbons (Fsp3) is 0.208. The highest BCUT2D eigenvalue weighted by molar-refractivity contribution is 7.12. The van der Waals surface area contributed by atoms with Crippen LogP contribution in [0.5, 0.6) is 0 Å². The van der Waals surface area contributed by atoms with E-state index in [1.165, 1.54) is 19.2 Å². The number of nitrogens with one attached hydrogen (secondary N) is 1. The Morgan fingerprint density at radius 1 is 1.06 bits per heavy atom. The Morgan fingerprint density at radius 2 is 1.79 bits per heavy atom. The van der Waals surface area contributed by atoms with Crippen molar-refractivity contribution >= 4 is 46.0 Å². The number of nitrogens with zero attached hydrogens (tertiary/aromatic N) is 2. The minimum Gasteiger partial charge on any atom is -0.465 e. The van der Waals surface area contributed by atoms with Crippen LogP contribution < -0.4 is 5.32 Å². The zero-order chi connectivity index (χ0) is 24.4. The topological polar surface area (TPSA) is 121 Å². The van der Waals surface area contributed by atoms with Gasteiger partial charge in [0.05, 0.1) is 35.0 Å². The number of methoxy groups -OCH3 is 1. The molecule has 0 unspecified atom stereocenters. The molecular formula is C24H21N3O6S. The maximum Gasteiger partial charge on any atom is 0.339 e. The summed E-state index contributed by atoms with van der Waals surface area (Å²) in [5.41, 5.74) is 3.19. The van der Waals surface area contributed by atoms with Crippen molar-refractivity contribution in [2.45, 2.75) is 20.8 Å². The number of thiophene rings is 1. The van der Waals surface area contributed by atoms with Gasteiger partial charge in [0.2, 0.25) is 0 Å². The van der Waals surface area contributed by atoms with Crippen LogP contribution in [0.15, 0.2) is 40.9 Å². The number of amides is 1. The normalized spacial score (nSPS) is 10.8. The van der Waals surface area contributed by atoms with Crippen molar-refractivity contribution in [2.75, 3.05) is 19.0 Å². The number of anilines is 1. The summed E-state index contributed by atoms with van der Waals surface area (Å²) in [7, 11) is 1.29. The van der Waals surface area contributed by atoms with Crippen LogP contribution in [0, 0.1) is 20.8 Å². The van der Waals surface area contributed by atoms with Crippen LogP contribution in [0.4, 0.5) is 5.69 Å². The van der Waals surface area contributed by atoms with E-state index in [4.69, 9.17) is 9.26 Å². The molecule has 0 saturated carbocycles. The second-order valence-electron chi connectivity index (χ2n) is 7.52. The molecule has 0 saturated heterocycles. The van der Waals surface area contributed by atoms with Crippen LogP contribution in [0.1, 0.15) is 36.2 Å². The van der Waals surface area contributed by atoms with Crippen molar-refractivity contribution in [1.29, 1.82) is 0 Å². The van der Waals surface area contributed by atoms with Crippen LogP contribution in [0.25, 0.3) is 22.4 Å². The number of esters is 2. The summed E-state index contributed by atoms with van der Waals surface area (Å²) in [5, 5.41) is 6.98. The minimum absolute atomic E-state index is 0.220. The molecule has 9 nitrogen and oxygen atoms in total. The van der Waals surface area contributed by atoms with Crippen molar-refractivity contribution in [3.63, 3.8) is 0 Å². The Hall–Kier alpha value is -4.05. The molecule has 0 radical (unpaired) electrons. The number of ether oxygens (including phenoxy) is 2. The van der Waals surface area contributed by atoms with Gasteiger partial charge in [-0.15, -0.1) is 11.3 Å². The van der Waals surface area contributed by atoms with Gasteiger partial charge in [0.1, 0.15) is 0 Å². The quantitative estimate of drug-likeness (QED) is 0.403. The predicted molar refractivity (Wildman–Crippen MR) is 126 cm³/mol. The average molecular weight is 480 g/mol. The molecule has 4 rings (SSSR count). The van der Waals surface area contributed by atoms with Gasteiger partial charge in [-0.1, -0.05) is 5.16 Å². The van der Waals surface area contributed by atoms with Crippen LogP contribution in [0.2, 0.25) is 0 Å². The van der Waals surface area contributed by atoms with Gasteiger partial charge in [-0.3, -0.25) is 4.79 Å². The van der Waals surface area contributed by atoms with Crippen LogP contribution in [0.3, 0.4) is 0 Å². The van der Waals surface area contributed by atoms with E-state index < -0.39 is 24.5 Å². The van der Waals surface area contributed by atoms with Gasteiger partial charge in [0, 0.05) is 21.0 Å².